The fraction of sp³-hybridized carbons (Fsp3) is 0.273. The molecule has 5 heteroatoms. The van der Waals surface area contributed by atoms with E-state index in [0.717, 1.165) is 5.56 Å². The van der Waals surface area contributed by atoms with Crippen molar-refractivity contribution in [2.75, 3.05) is 5.32 Å². The lowest BCUT2D eigenvalue weighted by Gasteiger charge is -2.10. The van der Waals surface area contributed by atoms with Gasteiger partial charge in [-0.05, 0) is 37.6 Å². The number of primary amides is 1. The molecule has 1 aromatic carbocycles. The predicted octanol–water partition coefficient (Wildman–Crippen LogP) is 1.66. The molecule has 0 aromatic heterocycles. The molecule has 0 aliphatic heterocycles. The van der Waals surface area contributed by atoms with Crippen LogP contribution in [-0.4, -0.2) is 17.2 Å². The first-order chi connectivity index (χ1) is 7.41. The van der Waals surface area contributed by atoms with Crippen LogP contribution in [0.2, 0.25) is 0 Å². The van der Waals surface area contributed by atoms with Crippen LogP contribution in [0.25, 0.3) is 0 Å². The van der Waals surface area contributed by atoms with E-state index in [4.69, 9.17) is 17.3 Å². The minimum Gasteiger partial charge on any atom is -0.366 e. The average molecular weight is 241 g/mol. The molecule has 0 bridgehead atoms. The Labute approximate surface area is 98.8 Å². The first-order valence-corrected chi connectivity index (χ1v) is 5.21. The number of nitrogens with one attached hydrogen (secondary N) is 1. The zero-order chi connectivity index (χ0) is 12.3. The highest BCUT2D eigenvalue weighted by atomic mass is 35.5. The first-order valence-electron chi connectivity index (χ1n) is 4.77. The van der Waals surface area contributed by atoms with E-state index in [1.807, 2.05) is 0 Å². The molecule has 1 rings (SSSR count). The molecule has 16 heavy (non-hydrogen) atoms. The van der Waals surface area contributed by atoms with Crippen LogP contribution in [0.15, 0.2) is 18.2 Å². The monoisotopic (exact) mass is 240 g/mol. The number of aryl methyl sites for hydroxylation is 1. The van der Waals surface area contributed by atoms with Crippen molar-refractivity contribution in [2.45, 2.75) is 19.2 Å². The number of carbonyl (C=O) groups excluding carboxylic acids is 2. The minimum absolute atomic E-state index is 0.281. The molecule has 0 heterocycles. The Kier molecular flexibility index (Phi) is 3.90. The lowest BCUT2D eigenvalue weighted by molar-refractivity contribution is -0.115. The van der Waals surface area contributed by atoms with Gasteiger partial charge in [0.05, 0.1) is 0 Å². The highest BCUT2D eigenvalue weighted by Crippen LogP contribution is 2.17. The van der Waals surface area contributed by atoms with Crippen LogP contribution in [0.1, 0.15) is 22.8 Å². The second kappa shape index (κ2) is 4.99. The Morgan fingerprint density at radius 1 is 1.44 bits per heavy atom. The molecule has 0 spiro atoms. The molecule has 1 unspecified atom stereocenters. The summed E-state index contributed by atoms with van der Waals surface area (Å²) in [7, 11) is 0. The lowest BCUT2D eigenvalue weighted by Crippen LogP contribution is -2.21. The lowest BCUT2D eigenvalue weighted by atomic mass is 10.1. The smallest absolute Gasteiger partial charge is 0.248 e. The van der Waals surface area contributed by atoms with E-state index in [1.165, 1.54) is 0 Å². The molecule has 1 atom stereocenters. The molecule has 2 amide bonds. The first kappa shape index (κ1) is 12.5. The Hall–Kier alpha value is -1.55. The molecule has 0 aliphatic rings. The van der Waals surface area contributed by atoms with Crippen molar-refractivity contribution in [3.63, 3.8) is 0 Å². The number of hydrogen-bond donors (Lipinski definition) is 2. The van der Waals surface area contributed by atoms with Crippen molar-refractivity contribution >= 4 is 29.1 Å². The van der Waals surface area contributed by atoms with E-state index >= 15 is 0 Å². The normalized spacial score (nSPS) is 11.9. The van der Waals surface area contributed by atoms with Gasteiger partial charge in [0.2, 0.25) is 11.8 Å². The molecule has 1 aromatic rings. The highest BCUT2D eigenvalue weighted by Gasteiger charge is 2.11. The van der Waals surface area contributed by atoms with Gasteiger partial charge in [-0.3, -0.25) is 9.59 Å². The summed E-state index contributed by atoms with van der Waals surface area (Å²) in [6, 6.07) is 4.81. The predicted molar refractivity (Wildman–Crippen MR) is 63.6 cm³/mol. The van der Waals surface area contributed by atoms with Gasteiger partial charge in [0.1, 0.15) is 5.38 Å². The third-order valence-electron chi connectivity index (χ3n) is 2.13. The number of alkyl halides is 1. The van der Waals surface area contributed by atoms with Gasteiger partial charge >= 0.3 is 0 Å². The minimum atomic E-state index is -0.602. The molecule has 86 valence electrons. The third-order valence-corrected chi connectivity index (χ3v) is 2.33. The van der Waals surface area contributed by atoms with E-state index in [1.54, 1.807) is 32.0 Å². The van der Waals surface area contributed by atoms with Gasteiger partial charge in [0.25, 0.3) is 0 Å². The van der Waals surface area contributed by atoms with Crippen molar-refractivity contribution < 1.29 is 9.59 Å². The summed E-state index contributed by atoms with van der Waals surface area (Å²) in [4.78, 5) is 22.3. The summed E-state index contributed by atoms with van der Waals surface area (Å²) < 4.78 is 0. The van der Waals surface area contributed by atoms with E-state index < -0.39 is 11.3 Å². The summed E-state index contributed by atoms with van der Waals surface area (Å²) >= 11 is 5.63. The van der Waals surface area contributed by atoms with Gasteiger partial charge < -0.3 is 11.1 Å². The fourth-order valence-corrected chi connectivity index (χ4v) is 1.24. The summed E-state index contributed by atoms with van der Waals surface area (Å²) in [5, 5.41) is 2.05. The highest BCUT2D eigenvalue weighted by molar-refractivity contribution is 6.32. The Morgan fingerprint density at radius 3 is 2.50 bits per heavy atom. The van der Waals surface area contributed by atoms with Crippen molar-refractivity contribution in [2.24, 2.45) is 5.73 Å². The van der Waals surface area contributed by atoms with Crippen LogP contribution in [0.4, 0.5) is 5.69 Å². The van der Waals surface area contributed by atoms with E-state index in [2.05, 4.69) is 5.32 Å². The number of carbonyl (C=O) groups is 2. The van der Waals surface area contributed by atoms with Crippen LogP contribution in [0, 0.1) is 6.92 Å². The Morgan fingerprint density at radius 2 is 2.06 bits per heavy atom. The van der Waals surface area contributed by atoms with Crippen LogP contribution in [0.3, 0.4) is 0 Å². The fourth-order valence-electron chi connectivity index (χ4n) is 1.19. The summed E-state index contributed by atoms with van der Waals surface area (Å²) in [6.07, 6.45) is 0. The molecule has 0 saturated carbocycles. The zero-order valence-electron chi connectivity index (χ0n) is 9.08. The molecule has 0 radical (unpaired) electrons. The number of rotatable bonds is 3. The maximum absolute atomic E-state index is 11.3. The van der Waals surface area contributed by atoms with Crippen LogP contribution >= 0.6 is 11.6 Å². The van der Waals surface area contributed by atoms with Gasteiger partial charge in [-0.1, -0.05) is 0 Å². The third kappa shape index (κ3) is 2.97. The van der Waals surface area contributed by atoms with Gasteiger partial charge in [-0.2, -0.15) is 0 Å². The van der Waals surface area contributed by atoms with Crippen molar-refractivity contribution in [3.8, 4) is 0 Å². The average Bonchev–Trinajstić information content (AvgIpc) is 2.20. The van der Waals surface area contributed by atoms with Crippen molar-refractivity contribution in [3.05, 3.63) is 29.3 Å². The molecule has 0 fully saturated rings. The van der Waals surface area contributed by atoms with Crippen LogP contribution in [-0.2, 0) is 4.79 Å². The van der Waals surface area contributed by atoms with E-state index in [-0.39, 0.29) is 5.91 Å². The van der Waals surface area contributed by atoms with Crippen LogP contribution < -0.4 is 11.1 Å². The van der Waals surface area contributed by atoms with Crippen molar-refractivity contribution in [1.82, 2.24) is 0 Å². The SMILES string of the molecule is Cc1cc(C(N)=O)ccc1NC(=O)C(C)Cl. The second-order valence-electron chi connectivity index (χ2n) is 3.50. The Bertz CT molecular complexity index is 430. The second-order valence-corrected chi connectivity index (χ2v) is 4.15. The van der Waals surface area contributed by atoms with Crippen molar-refractivity contribution in [1.29, 1.82) is 0 Å². The number of nitrogens with two attached hydrogens (primary N) is 1. The summed E-state index contributed by atoms with van der Waals surface area (Å²) in [6.45, 7) is 3.37. The van der Waals surface area contributed by atoms with Gasteiger partial charge in [-0.15, -0.1) is 11.6 Å². The van der Waals surface area contributed by atoms with Gasteiger partial charge in [0.15, 0.2) is 0 Å². The van der Waals surface area contributed by atoms with E-state index in [9.17, 15) is 9.59 Å². The number of benzene rings is 1. The van der Waals surface area contributed by atoms with Gasteiger partial charge in [0, 0.05) is 11.3 Å². The summed E-state index contributed by atoms with van der Waals surface area (Å²) in [5.74, 6) is -0.775. The Balaban J connectivity index is 2.91. The summed E-state index contributed by atoms with van der Waals surface area (Å²) in [5.41, 5.74) is 6.94. The number of halogens is 1. The number of amides is 2. The number of anilines is 1. The van der Waals surface area contributed by atoms with E-state index in [0.29, 0.717) is 11.3 Å². The molecule has 0 aliphatic carbocycles. The maximum atomic E-state index is 11.3. The van der Waals surface area contributed by atoms with Crippen LogP contribution in [0.5, 0.6) is 0 Å². The maximum Gasteiger partial charge on any atom is 0.248 e. The topological polar surface area (TPSA) is 72.2 Å². The number of hydrogen-bond acceptors (Lipinski definition) is 2. The molecular formula is C11H13ClN2O2. The molecule has 3 N–H and O–H groups in total. The zero-order valence-corrected chi connectivity index (χ0v) is 9.84. The molecule has 4 nitrogen and oxygen atoms in total. The largest absolute Gasteiger partial charge is 0.366 e. The molecule has 0 saturated heterocycles. The quantitative estimate of drug-likeness (QED) is 0.789. The van der Waals surface area contributed by atoms with Gasteiger partial charge in [-0.25, -0.2) is 0 Å². The standard InChI is InChI=1S/C11H13ClN2O2/c1-6-5-8(10(13)15)3-4-9(6)14-11(16)7(2)12/h3-5,7H,1-2H3,(H2,13,15)(H,14,16). The molecular weight excluding hydrogens is 228 g/mol.